The van der Waals surface area contributed by atoms with E-state index in [9.17, 15) is 0 Å². The van der Waals surface area contributed by atoms with E-state index in [0.29, 0.717) is 11.7 Å². The Labute approximate surface area is 200 Å². The number of hydrogen-bond donors (Lipinski definition) is 1. The fraction of sp³-hybridized carbons (Fsp3) is 0.360. The summed E-state index contributed by atoms with van der Waals surface area (Å²) < 4.78 is 18.9. The lowest BCUT2D eigenvalue weighted by Gasteiger charge is -2.29. The van der Waals surface area contributed by atoms with Crippen molar-refractivity contribution in [2.24, 2.45) is 0 Å². The van der Waals surface area contributed by atoms with E-state index >= 15 is 0 Å². The maximum atomic E-state index is 5.88. The zero-order valence-corrected chi connectivity index (χ0v) is 20.5. The number of nitrogens with zero attached hydrogens (tertiary/aromatic N) is 3. The number of aromatic nitrogens is 2. The summed E-state index contributed by atoms with van der Waals surface area (Å²) in [6.07, 6.45) is 1.81. The Balaban J connectivity index is 1.89. The summed E-state index contributed by atoms with van der Waals surface area (Å²) in [5.41, 5.74) is 5.30. The molecule has 0 aliphatic carbocycles. The second-order valence-electron chi connectivity index (χ2n) is 8.01. The molecule has 3 heterocycles. The summed E-state index contributed by atoms with van der Waals surface area (Å²) in [6, 6.07) is 13.7. The molecule has 174 valence electrons. The van der Waals surface area contributed by atoms with Crippen molar-refractivity contribution in [2.75, 3.05) is 32.8 Å². The SMILES string of the molecule is COCCn1c(C)cc([C@@H]2[C@@H](c3ccccn3)NC(=S)N2c2cc(OC)ccc2OC)c1C. The van der Waals surface area contributed by atoms with Crippen molar-refractivity contribution in [3.8, 4) is 11.5 Å². The van der Waals surface area contributed by atoms with Gasteiger partial charge in [0, 0.05) is 37.3 Å². The molecule has 0 amide bonds. The summed E-state index contributed by atoms with van der Waals surface area (Å²) in [7, 11) is 5.05. The van der Waals surface area contributed by atoms with Gasteiger partial charge in [0.1, 0.15) is 11.5 Å². The van der Waals surface area contributed by atoms with Crippen molar-refractivity contribution in [2.45, 2.75) is 32.5 Å². The molecule has 4 rings (SSSR count). The molecule has 2 atom stereocenters. The van der Waals surface area contributed by atoms with E-state index in [0.717, 1.165) is 29.4 Å². The standard InChI is InChI=1S/C25H30N4O3S/c1-16-14-19(17(2)28(16)12-13-30-3)24-23(20-8-6-7-11-26-20)27-25(33)29(24)21-15-18(31-4)9-10-22(21)32-5/h6-11,14-15,23-24H,12-13H2,1-5H3,(H,27,33)/t23-,24-/m1/s1. The highest BCUT2D eigenvalue weighted by Crippen LogP contribution is 2.46. The molecule has 0 unspecified atom stereocenters. The Bertz CT molecular complexity index is 1130. The highest BCUT2D eigenvalue weighted by molar-refractivity contribution is 7.80. The number of rotatable bonds is 8. The normalized spacial score (nSPS) is 17.8. The number of nitrogens with one attached hydrogen (secondary N) is 1. The zero-order chi connectivity index (χ0) is 23.5. The molecule has 3 aromatic rings. The zero-order valence-electron chi connectivity index (χ0n) is 19.7. The molecule has 1 saturated heterocycles. The predicted molar refractivity (Wildman–Crippen MR) is 133 cm³/mol. The van der Waals surface area contributed by atoms with E-state index in [1.807, 2.05) is 42.6 Å². The van der Waals surface area contributed by atoms with Crippen molar-refractivity contribution < 1.29 is 14.2 Å². The Morgan fingerprint density at radius 2 is 1.88 bits per heavy atom. The number of anilines is 1. The number of thiocarbonyl (C=S) groups is 1. The summed E-state index contributed by atoms with van der Waals surface area (Å²) in [5, 5.41) is 4.13. The minimum Gasteiger partial charge on any atom is -0.497 e. The van der Waals surface area contributed by atoms with E-state index < -0.39 is 0 Å². The summed E-state index contributed by atoms with van der Waals surface area (Å²) in [5.74, 6) is 1.46. The van der Waals surface area contributed by atoms with Gasteiger partial charge in [-0.25, -0.2) is 0 Å². The first-order chi connectivity index (χ1) is 16.0. The first-order valence-electron chi connectivity index (χ1n) is 10.9. The molecule has 0 saturated carbocycles. The summed E-state index contributed by atoms with van der Waals surface area (Å²) in [6.45, 7) is 5.71. The van der Waals surface area contributed by atoms with Crippen molar-refractivity contribution >= 4 is 23.0 Å². The van der Waals surface area contributed by atoms with Gasteiger partial charge in [0.2, 0.25) is 0 Å². The van der Waals surface area contributed by atoms with Crippen molar-refractivity contribution in [1.29, 1.82) is 0 Å². The number of benzene rings is 1. The molecule has 2 aromatic heterocycles. The molecule has 1 fully saturated rings. The molecule has 33 heavy (non-hydrogen) atoms. The Kier molecular flexibility index (Phi) is 6.85. The molecule has 1 N–H and O–H groups in total. The molecular formula is C25H30N4O3S. The van der Waals surface area contributed by atoms with Crippen molar-refractivity contribution in [3.05, 3.63) is 71.3 Å². The summed E-state index contributed by atoms with van der Waals surface area (Å²) >= 11 is 5.88. The highest BCUT2D eigenvalue weighted by atomic mass is 32.1. The van der Waals surface area contributed by atoms with Gasteiger partial charge in [-0.1, -0.05) is 6.07 Å². The van der Waals surface area contributed by atoms with Gasteiger partial charge >= 0.3 is 0 Å². The van der Waals surface area contributed by atoms with Gasteiger partial charge in [0.25, 0.3) is 0 Å². The van der Waals surface area contributed by atoms with E-state index in [1.165, 1.54) is 17.0 Å². The van der Waals surface area contributed by atoms with Crippen LogP contribution >= 0.6 is 12.2 Å². The Morgan fingerprint density at radius 3 is 2.55 bits per heavy atom. The van der Waals surface area contributed by atoms with Gasteiger partial charge in [0.05, 0.1) is 44.3 Å². The number of ether oxygens (including phenoxy) is 3. The van der Waals surface area contributed by atoms with Gasteiger partial charge in [-0.05, 0) is 62.0 Å². The highest BCUT2D eigenvalue weighted by Gasteiger charge is 2.43. The average Bonchev–Trinajstić information content (AvgIpc) is 3.32. The van der Waals surface area contributed by atoms with Gasteiger partial charge in [-0.2, -0.15) is 0 Å². The van der Waals surface area contributed by atoms with Crippen LogP contribution in [0.1, 0.15) is 34.7 Å². The first-order valence-corrected chi connectivity index (χ1v) is 11.3. The minimum absolute atomic E-state index is 0.129. The average molecular weight is 467 g/mol. The van der Waals surface area contributed by atoms with Crippen LogP contribution in [0.4, 0.5) is 5.69 Å². The molecule has 1 aromatic carbocycles. The molecule has 1 aliphatic rings. The second kappa shape index (κ2) is 9.80. The molecule has 7 nitrogen and oxygen atoms in total. The van der Waals surface area contributed by atoms with E-state index in [-0.39, 0.29) is 12.1 Å². The van der Waals surface area contributed by atoms with Crippen LogP contribution in [0.2, 0.25) is 0 Å². The lowest BCUT2D eigenvalue weighted by molar-refractivity contribution is 0.186. The van der Waals surface area contributed by atoms with E-state index in [1.54, 1.807) is 21.3 Å². The number of methoxy groups -OCH3 is 3. The lowest BCUT2D eigenvalue weighted by atomic mass is 9.96. The third-order valence-corrected chi connectivity index (χ3v) is 6.51. The van der Waals surface area contributed by atoms with Crippen LogP contribution in [-0.2, 0) is 11.3 Å². The quantitative estimate of drug-likeness (QED) is 0.496. The minimum atomic E-state index is -0.133. The van der Waals surface area contributed by atoms with Gasteiger partial charge in [-0.15, -0.1) is 0 Å². The van der Waals surface area contributed by atoms with Crippen LogP contribution < -0.4 is 19.7 Å². The maximum absolute atomic E-state index is 5.88. The van der Waals surface area contributed by atoms with Gasteiger partial charge in [-0.3, -0.25) is 4.98 Å². The molecule has 0 bridgehead atoms. The van der Waals surface area contributed by atoms with Gasteiger partial charge < -0.3 is 29.0 Å². The Hall–Kier alpha value is -3.10. The monoisotopic (exact) mass is 466 g/mol. The maximum Gasteiger partial charge on any atom is 0.174 e. The third kappa shape index (κ3) is 4.28. The third-order valence-electron chi connectivity index (χ3n) is 6.19. The molecule has 8 heteroatoms. The van der Waals surface area contributed by atoms with Crippen LogP contribution in [-0.4, -0.2) is 42.6 Å². The number of aryl methyl sites for hydroxylation is 1. The van der Waals surface area contributed by atoms with Crippen LogP contribution in [0.3, 0.4) is 0 Å². The molecule has 0 spiro atoms. The van der Waals surface area contributed by atoms with Crippen LogP contribution in [0, 0.1) is 13.8 Å². The van der Waals surface area contributed by atoms with E-state index in [4.69, 9.17) is 26.4 Å². The molecular weight excluding hydrogens is 436 g/mol. The largest absolute Gasteiger partial charge is 0.497 e. The number of hydrogen-bond acceptors (Lipinski definition) is 5. The molecule has 0 radical (unpaired) electrons. The summed E-state index contributed by atoms with van der Waals surface area (Å²) in [4.78, 5) is 6.78. The second-order valence-corrected chi connectivity index (χ2v) is 8.39. The van der Waals surface area contributed by atoms with Gasteiger partial charge in [0.15, 0.2) is 5.11 Å². The van der Waals surface area contributed by atoms with Crippen LogP contribution in [0.25, 0.3) is 0 Å². The fourth-order valence-electron chi connectivity index (χ4n) is 4.57. The Morgan fingerprint density at radius 1 is 1.06 bits per heavy atom. The lowest BCUT2D eigenvalue weighted by Crippen LogP contribution is -2.30. The predicted octanol–water partition coefficient (Wildman–Crippen LogP) is 4.34. The van der Waals surface area contributed by atoms with Crippen LogP contribution in [0.15, 0.2) is 48.7 Å². The molecule has 1 aliphatic heterocycles. The fourth-order valence-corrected chi connectivity index (χ4v) is 4.91. The van der Waals surface area contributed by atoms with Crippen molar-refractivity contribution in [3.63, 3.8) is 0 Å². The van der Waals surface area contributed by atoms with E-state index in [2.05, 4.69) is 39.7 Å². The number of pyridine rings is 1. The topological polar surface area (TPSA) is 60.8 Å². The smallest absolute Gasteiger partial charge is 0.174 e. The van der Waals surface area contributed by atoms with Crippen molar-refractivity contribution in [1.82, 2.24) is 14.9 Å². The van der Waals surface area contributed by atoms with Crippen LogP contribution in [0.5, 0.6) is 11.5 Å². The first kappa shape index (κ1) is 23.1.